The zero-order chi connectivity index (χ0) is 17.8. The summed E-state index contributed by atoms with van der Waals surface area (Å²) in [6.07, 6.45) is 8.26. The van der Waals surface area contributed by atoms with Gasteiger partial charge in [-0.25, -0.2) is 4.98 Å². The summed E-state index contributed by atoms with van der Waals surface area (Å²) in [5.74, 6) is 2.42. The molecular weight excluding hydrogens is 394 g/mol. The molecule has 1 aromatic heterocycles. The number of carbonyl (C=O) groups excluding carboxylic acids is 1. The number of carbonyl (C=O) groups is 1. The third kappa shape index (κ3) is 2.81. The summed E-state index contributed by atoms with van der Waals surface area (Å²) in [5, 5.41) is 0. The van der Waals surface area contributed by atoms with Gasteiger partial charge in [0.25, 0.3) is 0 Å². The van der Waals surface area contributed by atoms with Gasteiger partial charge in [0.1, 0.15) is 0 Å². The van der Waals surface area contributed by atoms with Gasteiger partial charge in [0.15, 0.2) is 12.4 Å². The van der Waals surface area contributed by atoms with Crippen LogP contribution in [0, 0.1) is 17.3 Å². The van der Waals surface area contributed by atoms with E-state index < -0.39 is 0 Å². The fraction of sp³-hybridized carbons (Fsp3) is 0.524. The number of hydrogen-bond acceptors (Lipinski definition) is 4. The molecule has 2 aromatic rings. The molecule has 0 amide bonds. The second kappa shape index (κ2) is 5.95. The van der Waals surface area contributed by atoms with Gasteiger partial charge in [-0.3, -0.25) is 4.79 Å². The maximum absolute atomic E-state index is 13.0. The van der Waals surface area contributed by atoms with E-state index in [1.165, 1.54) is 19.3 Å². The molecule has 1 aromatic carbocycles. The van der Waals surface area contributed by atoms with Gasteiger partial charge in [-0.2, -0.15) is 0 Å². The van der Waals surface area contributed by atoms with Gasteiger partial charge < -0.3 is 9.15 Å². The van der Waals surface area contributed by atoms with Gasteiger partial charge in [0.2, 0.25) is 5.89 Å². The van der Waals surface area contributed by atoms with E-state index in [4.69, 9.17) is 9.15 Å². The Bertz CT molecular complexity index is 817. The van der Waals surface area contributed by atoms with Crippen molar-refractivity contribution in [1.82, 2.24) is 4.98 Å². The maximum Gasteiger partial charge on any atom is 0.312 e. The lowest BCUT2D eigenvalue weighted by molar-refractivity contribution is -0.171. The first-order valence-corrected chi connectivity index (χ1v) is 10.2. The molecule has 2 unspecified atom stereocenters. The number of halogens is 1. The minimum atomic E-state index is -0.303. The predicted molar refractivity (Wildman–Crippen MR) is 101 cm³/mol. The highest BCUT2D eigenvalue weighted by atomic mass is 79.9. The highest BCUT2D eigenvalue weighted by molar-refractivity contribution is 9.10. The molecule has 0 saturated heterocycles. The van der Waals surface area contributed by atoms with Gasteiger partial charge in [-0.05, 0) is 50.4 Å². The van der Waals surface area contributed by atoms with Crippen LogP contribution in [-0.2, 0) is 16.1 Å². The molecule has 0 radical (unpaired) electrons. The minimum Gasteiger partial charge on any atom is -0.455 e. The molecule has 136 valence electrons. The van der Waals surface area contributed by atoms with E-state index in [2.05, 4.69) is 20.9 Å². The Hall–Kier alpha value is -1.62. The first-order valence-electron chi connectivity index (χ1n) is 9.40. The van der Waals surface area contributed by atoms with Crippen molar-refractivity contribution < 1.29 is 13.9 Å². The van der Waals surface area contributed by atoms with E-state index in [-0.39, 0.29) is 22.3 Å². The molecular formula is C21H22BrNO3. The van der Waals surface area contributed by atoms with Crippen molar-refractivity contribution in [2.75, 3.05) is 0 Å². The zero-order valence-corrected chi connectivity index (χ0v) is 16.2. The first kappa shape index (κ1) is 16.5. The molecule has 1 heterocycles. The number of hydrogen-bond donors (Lipinski definition) is 0. The quantitative estimate of drug-likeness (QED) is 0.513. The van der Waals surface area contributed by atoms with Crippen LogP contribution in [0.25, 0.3) is 11.3 Å². The maximum atomic E-state index is 13.0. The molecule has 4 fully saturated rings. The molecule has 4 aliphatic rings. The minimum absolute atomic E-state index is 0.0603. The highest BCUT2D eigenvalue weighted by Gasteiger charge is 2.60. The lowest BCUT2D eigenvalue weighted by atomic mass is 9.49. The van der Waals surface area contributed by atoms with Crippen molar-refractivity contribution in [3.63, 3.8) is 0 Å². The van der Waals surface area contributed by atoms with Crippen molar-refractivity contribution in [3.05, 3.63) is 42.4 Å². The average molecular weight is 416 g/mol. The monoisotopic (exact) mass is 415 g/mol. The molecule has 4 saturated carbocycles. The van der Waals surface area contributed by atoms with Crippen LogP contribution in [0.15, 0.2) is 40.9 Å². The van der Waals surface area contributed by atoms with Crippen molar-refractivity contribution >= 4 is 21.9 Å². The SMILES string of the molecule is O=C(OCc1ncc(-c2ccccc2)o1)C12CC3CC(CC(Br)(C3)C1)C2. The van der Waals surface area contributed by atoms with Crippen LogP contribution >= 0.6 is 15.9 Å². The Labute approximate surface area is 161 Å². The summed E-state index contributed by atoms with van der Waals surface area (Å²) in [5.41, 5.74) is 0.669. The first-order chi connectivity index (χ1) is 12.5. The summed E-state index contributed by atoms with van der Waals surface area (Å²) in [7, 11) is 0. The Morgan fingerprint density at radius 1 is 1.19 bits per heavy atom. The van der Waals surface area contributed by atoms with E-state index >= 15 is 0 Å². The number of oxazole rings is 1. The third-order valence-corrected chi connectivity index (χ3v) is 7.29. The standard InChI is InChI=1S/C21H22BrNO3/c22-21-9-14-6-15(10-21)8-20(7-14,13-21)19(24)25-12-18-23-11-17(26-18)16-4-2-1-3-5-16/h1-5,11,14-15H,6-10,12-13H2. The highest BCUT2D eigenvalue weighted by Crippen LogP contribution is 2.64. The normalized spacial score (nSPS) is 34.8. The van der Waals surface area contributed by atoms with Crippen LogP contribution in [0.3, 0.4) is 0 Å². The third-order valence-electron chi connectivity index (χ3n) is 6.36. The Morgan fingerprint density at radius 2 is 1.92 bits per heavy atom. The van der Waals surface area contributed by atoms with E-state index in [0.717, 1.165) is 24.8 Å². The largest absolute Gasteiger partial charge is 0.455 e. The Balaban J connectivity index is 1.28. The molecule has 4 bridgehead atoms. The van der Waals surface area contributed by atoms with E-state index in [1.807, 2.05) is 30.3 Å². The second-order valence-electron chi connectivity index (χ2n) is 8.45. The number of benzene rings is 1. The lowest BCUT2D eigenvalue weighted by Crippen LogP contribution is -2.56. The predicted octanol–water partition coefficient (Wildman–Crippen LogP) is 5.12. The van der Waals surface area contributed by atoms with Crippen molar-refractivity contribution in [2.45, 2.75) is 49.5 Å². The van der Waals surface area contributed by atoms with Crippen LogP contribution in [-0.4, -0.2) is 15.3 Å². The number of nitrogens with zero attached hydrogens (tertiary/aromatic N) is 1. The fourth-order valence-corrected chi connectivity index (χ4v) is 7.24. The summed E-state index contributed by atoms with van der Waals surface area (Å²) < 4.78 is 11.6. The zero-order valence-electron chi connectivity index (χ0n) is 14.6. The molecule has 6 rings (SSSR count). The Kier molecular flexibility index (Phi) is 3.78. The van der Waals surface area contributed by atoms with E-state index in [0.29, 0.717) is 23.5 Å². The average Bonchev–Trinajstić information content (AvgIpc) is 3.07. The number of esters is 1. The Morgan fingerprint density at radius 3 is 2.62 bits per heavy atom. The number of aromatic nitrogens is 1. The summed E-state index contributed by atoms with van der Waals surface area (Å²) >= 11 is 3.95. The van der Waals surface area contributed by atoms with Crippen molar-refractivity contribution in [1.29, 1.82) is 0 Å². The van der Waals surface area contributed by atoms with Crippen LogP contribution in [0.2, 0.25) is 0 Å². The molecule has 26 heavy (non-hydrogen) atoms. The molecule has 4 nitrogen and oxygen atoms in total. The van der Waals surface area contributed by atoms with Gasteiger partial charge in [-0.15, -0.1) is 0 Å². The number of ether oxygens (including phenoxy) is 1. The smallest absolute Gasteiger partial charge is 0.312 e. The van der Waals surface area contributed by atoms with Crippen LogP contribution in [0.4, 0.5) is 0 Å². The fourth-order valence-electron chi connectivity index (χ4n) is 5.78. The van der Waals surface area contributed by atoms with Crippen LogP contribution in [0.5, 0.6) is 0 Å². The lowest BCUT2D eigenvalue weighted by Gasteiger charge is -2.58. The number of rotatable bonds is 4. The molecule has 4 aliphatic carbocycles. The molecule has 0 spiro atoms. The summed E-state index contributed by atoms with van der Waals surface area (Å²) in [6.45, 7) is 0.109. The van der Waals surface area contributed by atoms with Gasteiger partial charge in [0, 0.05) is 9.89 Å². The van der Waals surface area contributed by atoms with Gasteiger partial charge in [0.05, 0.1) is 11.6 Å². The molecule has 0 aliphatic heterocycles. The summed E-state index contributed by atoms with van der Waals surface area (Å²) in [4.78, 5) is 17.2. The van der Waals surface area contributed by atoms with Crippen LogP contribution < -0.4 is 0 Å². The van der Waals surface area contributed by atoms with E-state index in [1.54, 1.807) is 6.20 Å². The second-order valence-corrected chi connectivity index (χ2v) is 10.1. The van der Waals surface area contributed by atoms with E-state index in [9.17, 15) is 4.79 Å². The molecule has 2 atom stereocenters. The molecule has 5 heteroatoms. The van der Waals surface area contributed by atoms with Crippen LogP contribution in [0.1, 0.15) is 44.4 Å². The van der Waals surface area contributed by atoms with Crippen molar-refractivity contribution in [3.8, 4) is 11.3 Å². The number of alkyl halides is 1. The molecule has 0 N–H and O–H groups in total. The van der Waals surface area contributed by atoms with Gasteiger partial charge in [-0.1, -0.05) is 46.3 Å². The van der Waals surface area contributed by atoms with Crippen molar-refractivity contribution in [2.24, 2.45) is 17.3 Å². The van der Waals surface area contributed by atoms with Gasteiger partial charge >= 0.3 is 5.97 Å². The summed E-state index contributed by atoms with van der Waals surface area (Å²) in [6, 6.07) is 9.83. The topological polar surface area (TPSA) is 52.3 Å².